The lowest BCUT2D eigenvalue weighted by Gasteiger charge is -2.14. The first-order valence-corrected chi connectivity index (χ1v) is 8.08. The first-order chi connectivity index (χ1) is 11.5. The summed E-state index contributed by atoms with van der Waals surface area (Å²) in [7, 11) is 0. The second-order valence-corrected chi connectivity index (χ2v) is 6.64. The number of rotatable bonds is 3. The number of hydrogen-bond donors (Lipinski definition) is 2. The van der Waals surface area contributed by atoms with Gasteiger partial charge in [-0.05, 0) is 48.0 Å². The number of nitrogens with zero attached hydrogens (tertiary/aromatic N) is 1. The molecule has 24 heavy (non-hydrogen) atoms. The van der Waals surface area contributed by atoms with E-state index >= 15 is 0 Å². The van der Waals surface area contributed by atoms with Gasteiger partial charge in [-0.3, -0.25) is 9.69 Å². The molecule has 0 spiro atoms. The van der Waals surface area contributed by atoms with Gasteiger partial charge in [0.2, 0.25) is 0 Å². The fourth-order valence-corrected chi connectivity index (χ4v) is 3.46. The van der Waals surface area contributed by atoms with Crippen molar-refractivity contribution in [3.63, 3.8) is 0 Å². The molecule has 1 heterocycles. The van der Waals surface area contributed by atoms with Crippen molar-refractivity contribution < 1.29 is 19.8 Å². The van der Waals surface area contributed by atoms with E-state index in [0.29, 0.717) is 20.5 Å². The largest absolute Gasteiger partial charge is 0.508 e. The van der Waals surface area contributed by atoms with Crippen LogP contribution in [0.1, 0.15) is 15.9 Å². The zero-order valence-corrected chi connectivity index (χ0v) is 13.8. The van der Waals surface area contributed by atoms with Crippen LogP contribution in [-0.2, 0) is 4.79 Å². The molecule has 0 atom stereocenters. The number of carbonyl (C=O) groups excluding carboxylic acids is 1. The minimum absolute atomic E-state index is 0.109. The van der Waals surface area contributed by atoms with Gasteiger partial charge >= 0.3 is 5.97 Å². The molecule has 1 aliphatic rings. The van der Waals surface area contributed by atoms with Crippen molar-refractivity contribution in [1.29, 1.82) is 0 Å². The van der Waals surface area contributed by atoms with E-state index < -0.39 is 5.97 Å². The second-order valence-electron chi connectivity index (χ2n) is 4.96. The number of aromatic carboxylic acids is 1. The number of benzene rings is 2. The van der Waals surface area contributed by atoms with Gasteiger partial charge in [0.1, 0.15) is 5.75 Å². The van der Waals surface area contributed by atoms with E-state index in [1.54, 1.807) is 30.3 Å². The summed E-state index contributed by atoms with van der Waals surface area (Å²) in [4.78, 5) is 25.3. The van der Waals surface area contributed by atoms with E-state index in [4.69, 9.17) is 17.3 Å². The number of carboxylic acids is 1. The molecule has 0 bridgehead atoms. The third-order valence-electron chi connectivity index (χ3n) is 3.36. The Hall–Kier alpha value is -2.64. The van der Waals surface area contributed by atoms with E-state index in [0.717, 1.165) is 0 Å². The van der Waals surface area contributed by atoms with Gasteiger partial charge in [0.05, 0.1) is 16.2 Å². The van der Waals surface area contributed by atoms with E-state index in [9.17, 15) is 14.7 Å². The average Bonchev–Trinajstić information content (AvgIpc) is 2.83. The minimum Gasteiger partial charge on any atom is -0.508 e. The van der Waals surface area contributed by atoms with E-state index in [1.165, 1.54) is 40.9 Å². The van der Waals surface area contributed by atoms with Gasteiger partial charge in [-0.1, -0.05) is 36.1 Å². The Kier molecular flexibility index (Phi) is 4.37. The third-order valence-corrected chi connectivity index (χ3v) is 4.66. The van der Waals surface area contributed by atoms with Crippen molar-refractivity contribution in [2.45, 2.75) is 0 Å². The molecule has 1 fully saturated rings. The number of hydrogen-bond acceptors (Lipinski definition) is 5. The van der Waals surface area contributed by atoms with Crippen LogP contribution in [0.15, 0.2) is 53.4 Å². The maximum atomic E-state index is 12.6. The van der Waals surface area contributed by atoms with Crippen molar-refractivity contribution in [3.8, 4) is 5.75 Å². The van der Waals surface area contributed by atoms with Crippen LogP contribution >= 0.6 is 24.0 Å². The van der Waals surface area contributed by atoms with Crippen molar-refractivity contribution in [3.05, 3.63) is 64.6 Å². The highest BCUT2D eigenvalue weighted by Crippen LogP contribution is 2.36. The molecule has 120 valence electrons. The van der Waals surface area contributed by atoms with Crippen LogP contribution < -0.4 is 4.90 Å². The summed E-state index contributed by atoms with van der Waals surface area (Å²) in [5.41, 5.74) is 1.48. The van der Waals surface area contributed by atoms with E-state index in [2.05, 4.69) is 0 Å². The van der Waals surface area contributed by atoms with Crippen molar-refractivity contribution >= 4 is 51.9 Å². The zero-order chi connectivity index (χ0) is 17.3. The molecule has 0 saturated carbocycles. The Morgan fingerprint density at radius 1 is 1.08 bits per heavy atom. The molecule has 7 heteroatoms. The number of thioether (sulfide) groups is 1. The summed E-state index contributed by atoms with van der Waals surface area (Å²) in [6.07, 6.45) is 1.67. The number of phenolic OH excluding ortho intramolecular Hbond substituents is 1. The van der Waals surface area contributed by atoms with Gasteiger partial charge in [0.15, 0.2) is 4.32 Å². The minimum atomic E-state index is -1.000. The van der Waals surface area contributed by atoms with E-state index in [-0.39, 0.29) is 17.2 Å². The standard InChI is InChI=1S/C17H11NO4S2/c19-13-7-5-12(6-8-13)18-15(20)14(24-17(18)23)9-10-1-3-11(4-2-10)16(21)22/h1-9,19H,(H,21,22)/b14-9+. The Morgan fingerprint density at radius 2 is 1.71 bits per heavy atom. The fourth-order valence-electron chi connectivity index (χ4n) is 2.17. The number of carbonyl (C=O) groups is 2. The molecule has 2 aromatic rings. The zero-order valence-electron chi connectivity index (χ0n) is 12.2. The Morgan fingerprint density at radius 3 is 2.29 bits per heavy atom. The molecule has 0 unspecified atom stereocenters. The number of phenols is 1. The van der Waals surface area contributed by atoms with Crippen molar-refractivity contribution in [2.75, 3.05) is 4.90 Å². The molecule has 0 aromatic heterocycles. The highest BCUT2D eigenvalue weighted by atomic mass is 32.2. The first-order valence-electron chi connectivity index (χ1n) is 6.86. The van der Waals surface area contributed by atoms with Crippen LogP contribution in [0.4, 0.5) is 5.69 Å². The van der Waals surface area contributed by atoms with Crippen LogP contribution in [0.2, 0.25) is 0 Å². The molecule has 1 amide bonds. The summed E-state index contributed by atoms with van der Waals surface area (Å²) in [6.45, 7) is 0. The fraction of sp³-hybridized carbons (Fsp3) is 0. The monoisotopic (exact) mass is 357 g/mol. The van der Waals surface area contributed by atoms with Gasteiger partial charge in [-0.25, -0.2) is 4.79 Å². The summed E-state index contributed by atoms with van der Waals surface area (Å²) in [5, 5.41) is 18.2. The lowest BCUT2D eigenvalue weighted by molar-refractivity contribution is -0.113. The highest BCUT2D eigenvalue weighted by Gasteiger charge is 2.33. The van der Waals surface area contributed by atoms with Crippen LogP contribution in [0.3, 0.4) is 0 Å². The number of anilines is 1. The van der Waals surface area contributed by atoms with E-state index in [1.807, 2.05) is 0 Å². The topological polar surface area (TPSA) is 77.8 Å². The number of amides is 1. The maximum Gasteiger partial charge on any atom is 0.335 e. The molecule has 1 aliphatic heterocycles. The summed E-state index contributed by atoms with van der Waals surface area (Å²) >= 11 is 6.44. The predicted octanol–water partition coefficient (Wildman–Crippen LogP) is 3.50. The molecular formula is C17H11NO4S2. The smallest absolute Gasteiger partial charge is 0.335 e. The van der Waals surface area contributed by atoms with Crippen molar-refractivity contribution in [2.24, 2.45) is 0 Å². The molecule has 1 saturated heterocycles. The molecule has 0 radical (unpaired) electrons. The van der Waals surface area contributed by atoms with Crippen LogP contribution in [0.25, 0.3) is 6.08 Å². The molecule has 0 aliphatic carbocycles. The first kappa shape index (κ1) is 16.2. The molecule has 2 N–H and O–H groups in total. The van der Waals surface area contributed by atoms with Gasteiger partial charge in [0, 0.05) is 0 Å². The lowest BCUT2D eigenvalue weighted by Crippen LogP contribution is -2.27. The molecule has 2 aromatic carbocycles. The SMILES string of the molecule is O=C(O)c1ccc(/C=C2/SC(=S)N(c3ccc(O)cc3)C2=O)cc1. The average molecular weight is 357 g/mol. The number of aromatic hydroxyl groups is 1. The number of carboxylic acid groups (broad SMARTS) is 1. The normalized spacial score (nSPS) is 16.0. The Labute approximate surface area is 147 Å². The summed E-state index contributed by atoms with van der Waals surface area (Å²) in [6, 6.07) is 12.4. The van der Waals surface area contributed by atoms with Gasteiger partial charge in [-0.2, -0.15) is 0 Å². The summed E-state index contributed by atoms with van der Waals surface area (Å²) in [5.74, 6) is -1.14. The Bertz CT molecular complexity index is 857. The van der Waals surface area contributed by atoms with Gasteiger partial charge in [0.25, 0.3) is 5.91 Å². The van der Waals surface area contributed by atoms with Crippen molar-refractivity contribution in [1.82, 2.24) is 0 Å². The van der Waals surface area contributed by atoms with Crippen LogP contribution in [0.5, 0.6) is 5.75 Å². The molecule has 3 rings (SSSR count). The highest BCUT2D eigenvalue weighted by molar-refractivity contribution is 8.27. The quantitative estimate of drug-likeness (QED) is 0.647. The van der Waals surface area contributed by atoms with Crippen LogP contribution in [-0.4, -0.2) is 26.4 Å². The Balaban J connectivity index is 1.87. The van der Waals surface area contributed by atoms with Crippen LogP contribution in [0, 0.1) is 0 Å². The third kappa shape index (κ3) is 3.17. The molecule has 5 nitrogen and oxygen atoms in total. The van der Waals surface area contributed by atoms with Gasteiger partial charge < -0.3 is 10.2 Å². The second kappa shape index (κ2) is 6.46. The predicted molar refractivity (Wildman–Crippen MR) is 97.2 cm³/mol. The number of thiocarbonyl (C=S) groups is 1. The summed E-state index contributed by atoms with van der Waals surface area (Å²) < 4.78 is 0.402. The molecular weight excluding hydrogens is 346 g/mol. The lowest BCUT2D eigenvalue weighted by atomic mass is 10.1. The maximum absolute atomic E-state index is 12.6. The van der Waals surface area contributed by atoms with Gasteiger partial charge in [-0.15, -0.1) is 0 Å².